The number of nitrogens with zero attached hydrogens (tertiary/aromatic N) is 4. The fraction of sp³-hybridized carbons (Fsp3) is 0.250. The van der Waals surface area contributed by atoms with Gasteiger partial charge in [-0.05, 0) is 32.0 Å². The Morgan fingerprint density at radius 3 is 2.27 bits per heavy atom. The average molecular weight is 350 g/mol. The molecule has 134 valence electrons. The molecule has 26 heavy (non-hydrogen) atoms. The van der Waals surface area contributed by atoms with E-state index in [9.17, 15) is 0 Å². The van der Waals surface area contributed by atoms with Crippen LogP contribution in [0.15, 0.2) is 55.0 Å². The van der Waals surface area contributed by atoms with E-state index >= 15 is 0 Å². The quantitative estimate of drug-likeness (QED) is 0.637. The lowest BCUT2D eigenvalue weighted by Gasteiger charge is -2.18. The van der Waals surface area contributed by atoms with Crippen LogP contribution in [0.2, 0.25) is 0 Å². The maximum atomic E-state index is 5.96. The minimum Gasteiger partial charge on any atom is -0.496 e. The van der Waals surface area contributed by atoms with Crippen molar-refractivity contribution in [2.45, 2.75) is 13.8 Å². The van der Waals surface area contributed by atoms with Crippen molar-refractivity contribution < 1.29 is 9.47 Å². The average Bonchev–Trinajstić information content (AvgIpc) is 2.70. The topological polar surface area (TPSA) is 60.4 Å². The van der Waals surface area contributed by atoms with Crippen molar-refractivity contribution in [3.05, 3.63) is 55.0 Å². The van der Waals surface area contributed by atoms with Gasteiger partial charge in [0.1, 0.15) is 5.75 Å². The van der Waals surface area contributed by atoms with Gasteiger partial charge in [0.25, 0.3) is 0 Å². The van der Waals surface area contributed by atoms with Crippen LogP contribution in [0.5, 0.6) is 17.4 Å². The van der Waals surface area contributed by atoms with Gasteiger partial charge in [0.05, 0.1) is 19.5 Å². The summed E-state index contributed by atoms with van der Waals surface area (Å²) in [6, 6.07) is 11.6. The van der Waals surface area contributed by atoms with Gasteiger partial charge in [-0.25, -0.2) is 15.0 Å². The fourth-order valence-electron chi connectivity index (χ4n) is 2.69. The van der Waals surface area contributed by atoms with Crippen LogP contribution in [0.1, 0.15) is 13.8 Å². The summed E-state index contributed by atoms with van der Waals surface area (Å²) in [5, 5.41) is 0. The zero-order chi connectivity index (χ0) is 18.4. The van der Waals surface area contributed by atoms with Crippen LogP contribution in [0.3, 0.4) is 0 Å². The highest BCUT2D eigenvalue weighted by molar-refractivity contribution is 5.74. The second-order valence-corrected chi connectivity index (χ2v) is 5.55. The van der Waals surface area contributed by atoms with Gasteiger partial charge in [0, 0.05) is 30.4 Å². The molecule has 0 aliphatic carbocycles. The zero-order valence-electron chi connectivity index (χ0n) is 15.2. The van der Waals surface area contributed by atoms with Gasteiger partial charge >= 0.3 is 0 Å². The van der Waals surface area contributed by atoms with Crippen molar-refractivity contribution in [2.75, 3.05) is 25.1 Å². The van der Waals surface area contributed by atoms with Crippen molar-refractivity contribution in [3.8, 4) is 28.5 Å². The molecule has 0 fully saturated rings. The first-order valence-corrected chi connectivity index (χ1v) is 8.60. The van der Waals surface area contributed by atoms with Gasteiger partial charge in [-0.1, -0.05) is 18.2 Å². The fourth-order valence-corrected chi connectivity index (χ4v) is 2.69. The first kappa shape index (κ1) is 17.7. The van der Waals surface area contributed by atoms with E-state index in [-0.39, 0.29) is 0 Å². The standard InChI is InChI=1S/C20H22N4O2/c1-4-24(5-2)20-22-13-15(14-23-20)26-19-17(10-8-12-21-19)16-9-6-7-11-18(16)25-3/h6-14H,4-5H2,1-3H3. The number of pyridine rings is 1. The summed E-state index contributed by atoms with van der Waals surface area (Å²) in [6.45, 7) is 5.86. The van der Waals surface area contributed by atoms with Crippen LogP contribution in [0.25, 0.3) is 11.1 Å². The molecule has 3 aromatic rings. The van der Waals surface area contributed by atoms with Crippen molar-refractivity contribution in [3.63, 3.8) is 0 Å². The summed E-state index contributed by atoms with van der Waals surface area (Å²) in [7, 11) is 1.65. The van der Waals surface area contributed by atoms with Crippen LogP contribution in [0.4, 0.5) is 5.95 Å². The van der Waals surface area contributed by atoms with E-state index in [0.717, 1.165) is 30.0 Å². The van der Waals surface area contributed by atoms with Crippen molar-refractivity contribution in [1.82, 2.24) is 15.0 Å². The van der Waals surface area contributed by atoms with E-state index in [2.05, 4.69) is 33.7 Å². The molecular weight excluding hydrogens is 328 g/mol. The highest BCUT2D eigenvalue weighted by atomic mass is 16.5. The molecule has 0 N–H and O–H groups in total. The van der Waals surface area contributed by atoms with E-state index in [0.29, 0.717) is 17.6 Å². The highest BCUT2D eigenvalue weighted by Crippen LogP contribution is 2.36. The molecule has 0 atom stereocenters. The van der Waals surface area contributed by atoms with Crippen molar-refractivity contribution in [1.29, 1.82) is 0 Å². The number of hydrogen-bond donors (Lipinski definition) is 0. The Morgan fingerprint density at radius 1 is 0.885 bits per heavy atom. The molecule has 0 bridgehead atoms. The Hall–Kier alpha value is -3.15. The van der Waals surface area contributed by atoms with E-state index in [1.807, 2.05) is 36.4 Å². The monoisotopic (exact) mass is 350 g/mol. The Kier molecular flexibility index (Phi) is 5.63. The smallest absolute Gasteiger partial charge is 0.227 e. The SMILES string of the molecule is CCN(CC)c1ncc(Oc2ncccc2-c2ccccc2OC)cn1. The number of methoxy groups -OCH3 is 1. The van der Waals surface area contributed by atoms with Gasteiger partial charge in [-0.2, -0.15) is 0 Å². The van der Waals surface area contributed by atoms with Gasteiger partial charge in [-0.3, -0.25) is 0 Å². The number of para-hydroxylation sites is 1. The third-order valence-corrected chi connectivity index (χ3v) is 4.04. The molecular formula is C20H22N4O2. The molecule has 2 heterocycles. The lowest BCUT2D eigenvalue weighted by Crippen LogP contribution is -2.23. The third kappa shape index (κ3) is 3.74. The second kappa shape index (κ2) is 8.29. The van der Waals surface area contributed by atoms with Crippen LogP contribution in [0, 0.1) is 0 Å². The first-order valence-electron chi connectivity index (χ1n) is 8.60. The number of rotatable bonds is 7. The Morgan fingerprint density at radius 2 is 1.58 bits per heavy atom. The Labute approximate surface area is 153 Å². The molecule has 0 amide bonds. The Bertz CT molecular complexity index is 848. The van der Waals surface area contributed by atoms with Gasteiger partial charge in [-0.15, -0.1) is 0 Å². The molecule has 3 rings (SSSR count). The minimum atomic E-state index is 0.483. The number of hydrogen-bond acceptors (Lipinski definition) is 6. The molecule has 0 unspecified atom stereocenters. The highest BCUT2D eigenvalue weighted by Gasteiger charge is 2.13. The summed E-state index contributed by atoms with van der Waals surface area (Å²) < 4.78 is 11.4. The van der Waals surface area contributed by atoms with E-state index in [1.165, 1.54) is 0 Å². The van der Waals surface area contributed by atoms with Crippen molar-refractivity contribution in [2.24, 2.45) is 0 Å². The van der Waals surface area contributed by atoms with Gasteiger partial charge in [0.2, 0.25) is 11.8 Å². The molecule has 6 heteroatoms. The molecule has 0 aliphatic heterocycles. The summed E-state index contributed by atoms with van der Waals surface area (Å²) in [4.78, 5) is 15.2. The summed E-state index contributed by atoms with van der Waals surface area (Å²) in [5.41, 5.74) is 1.76. The normalized spacial score (nSPS) is 10.4. The van der Waals surface area contributed by atoms with Crippen LogP contribution in [-0.2, 0) is 0 Å². The predicted molar refractivity (Wildman–Crippen MR) is 102 cm³/mol. The van der Waals surface area contributed by atoms with E-state index in [1.54, 1.807) is 25.7 Å². The Balaban J connectivity index is 1.90. The number of aromatic nitrogens is 3. The van der Waals surface area contributed by atoms with Crippen molar-refractivity contribution >= 4 is 5.95 Å². The molecule has 0 spiro atoms. The molecule has 0 aliphatic rings. The largest absolute Gasteiger partial charge is 0.496 e. The van der Waals surface area contributed by atoms with Gasteiger partial charge in [0.15, 0.2) is 5.75 Å². The van der Waals surface area contributed by atoms with E-state index < -0.39 is 0 Å². The molecule has 0 radical (unpaired) electrons. The second-order valence-electron chi connectivity index (χ2n) is 5.55. The molecule has 0 saturated carbocycles. The van der Waals surface area contributed by atoms with Crippen LogP contribution in [-0.4, -0.2) is 35.2 Å². The lowest BCUT2D eigenvalue weighted by atomic mass is 10.1. The van der Waals surface area contributed by atoms with Gasteiger partial charge < -0.3 is 14.4 Å². The zero-order valence-corrected chi connectivity index (χ0v) is 15.2. The maximum Gasteiger partial charge on any atom is 0.227 e. The first-order chi connectivity index (χ1) is 12.8. The van der Waals surface area contributed by atoms with Crippen LogP contribution >= 0.6 is 0 Å². The molecule has 2 aromatic heterocycles. The lowest BCUT2D eigenvalue weighted by molar-refractivity contribution is 0.415. The third-order valence-electron chi connectivity index (χ3n) is 4.04. The molecule has 6 nitrogen and oxygen atoms in total. The van der Waals surface area contributed by atoms with E-state index in [4.69, 9.17) is 9.47 Å². The maximum absolute atomic E-state index is 5.96. The summed E-state index contributed by atoms with van der Waals surface area (Å²) in [6.07, 6.45) is 5.03. The molecule has 0 saturated heterocycles. The number of anilines is 1. The minimum absolute atomic E-state index is 0.483. The molecule has 1 aromatic carbocycles. The number of benzene rings is 1. The predicted octanol–water partition coefficient (Wildman–Crippen LogP) is 4.19. The summed E-state index contributed by atoms with van der Waals surface area (Å²) in [5.74, 6) is 2.47. The van der Waals surface area contributed by atoms with Crippen LogP contribution < -0.4 is 14.4 Å². The number of ether oxygens (including phenoxy) is 2. The summed E-state index contributed by atoms with van der Waals surface area (Å²) >= 11 is 0.